The lowest BCUT2D eigenvalue weighted by Crippen LogP contribution is -2.13. The Balaban J connectivity index is 2.17. The molecule has 0 atom stereocenters. The molecule has 0 bridgehead atoms. The minimum atomic E-state index is -0.0594. The molecule has 108 valence electrons. The van der Waals surface area contributed by atoms with Crippen molar-refractivity contribution in [1.29, 1.82) is 0 Å². The molecule has 3 rings (SSSR count). The van der Waals surface area contributed by atoms with Crippen molar-refractivity contribution in [1.82, 2.24) is 4.57 Å². The second-order valence-corrected chi connectivity index (χ2v) is 5.28. The number of amides is 1. The normalized spacial score (nSPS) is 14.2. The van der Waals surface area contributed by atoms with Gasteiger partial charge >= 0.3 is 0 Å². The molecular formula is C17H19N3O. The van der Waals surface area contributed by atoms with Crippen LogP contribution in [0.25, 0.3) is 0 Å². The van der Waals surface area contributed by atoms with E-state index in [4.69, 9.17) is 0 Å². The Morgan fingerprint density at radius 2 is 2.05 bits per heavy atom. The smallest absolute Gasteiger partial charge is 0.246 e. The van der Waals surface area contributed by atoms with Crippen LogP contribution in [0.3, 0.4) is 0 Å². The van der Waals surface area contributed by atoms with Crippen LogP contribution in [0.1, 0.15) is 30.2 Å². The van der Waals surface area contributed by atoms with Gasteiger partial charge in [-0.2, -0.15) is 0 Å². The minimum Gasteiger partial charge on any atom is -0.349 e. The second kappa shape index (κ2) is 5.56. The van der Waals surface area contributed by atoms with E-state index in [0.29, 0.717) is 0 Å². The van der Waals surface area contributed by atoms with Crippen LogP contribution in [0, 0.1) is 6.92 Å². The van der Waals surface area contributed by atoms with Crippen LogP contribution in [0.4, 0.5) is 5.69 Å². The Kier molecular flexibility index (Phi) is 3.60. The first-order valence-electron chi connectivity index (χ1n) is 7.30. The quantitative estimate of drug-likeness (QED) is 0.923. The summed E-state index contributed by atoms with van der Waals surface area (Å²) >= 11 is 0. The molecule has 4 nitrogen and oxygen atoms in total. The van der Waals surface area contributed by atoms with Gasteiger partial charge in [0.2, 0.25) is 5.91 Å². The number of fused-ring (bicyclic) bond motifs is 1. The molecule has 0 aliphatic carbocycles. The fourth-order valence-corrected chi connectivity index (χ4v) is 2.77. The summed E-state index contributed by atoms with van der Waals surface area (Å²) in [5.41, 5.74) is 5.01. The van der Waals surface area contributed by atoms with Gasteiger partial charge < -0.3 is 9.88 Å². The maximum atomic E-state index is 11.9. The Morgan fingerprint density at radius 1 is 1.29 bits per heavy atom. The summed E-state index contributed by atoms with van der Waals surface area (Å²) in [5.74, 6) is -0.0594. The number of anilines is 1. The van der Waals surface area contributed by atoms with E-state index in [1.54, 1.807) is 0 Å². The molecule has 1 aliphatic rings. The summed E-state index contributed by atoms with van der Waals surface area (Å²) in [5, 5.41) is 2.97. The minimum absolute atomic E-state index is 0.0594. The molecule has 0 radical (unpaired) electrons. The molecule has 0 saturated carbocycles. The molecule has 1 amide bonds. The predicted octanol–water partition coefficient (Wildman–Crippen LogP) is 3.00. The monoisotopic (exact) mass is 281 g/mol. The Labute approximate surface area is 124 Å². The molecule has 1 aliphatic heterocycles. The van der Waals surface area contributed by atoms with Crippen molar-refractivity contribution >= 4 is 17.3 Å². The molecule has 4 heteroatoms. The molecule has 1 aromatic heterocycles. The van der Waals surface area contributed by atoms with Crippen molar-refractivity contribution in [3.8, 4) is 0 Å². The number of carbonyl (C=O) groups is 1. The molecule has 0 unspecified atom stereocenters. The summed E-state index contributed by atoms with van der Waals surface area (Å²) in [6.07, 6.45) is 3.08. The van der Waals surface area contributed by atoms with Crippen molar-refractivity contribution in [2.45, 2.75) is 26.8 Å². The van der Waals surface area contributed by atoms with E-state index >= 15 is 0 Å². The van der Waals surface area contributed by atoms with E-state index in [1.807, 2.05) is 36.5 Å². The number of nitrogens with one attached hydrogen (secondary N) is 1. The zero-order valence-electron chi connectivity index (χ0n) is 12.4. The average molecular weight is 281 g/mol. The zero-order chi connectivity index (χ0) is 14.8. The first kappa shape index (κ1) is 13.6. The number of benzene rings is 1. The van der Waals surface area contributed by atoms with Gasteiger partial charge in [-0.3, -0.25) is 9.79 Å². The van der Waals surface area contributed by atoms with Crippen LogP contribution in [0.5, 0.6) is 0 Å². The third-order valence-electron chi connectivity index (χ3n) is 3.75. The molecular weight excluding hydrogens is 262 g/mol. The third-order valence-corrected chi connectivity index (χ3v) is 3.75. The van der Waals surface area contributed by atoms with E-state index in [9.17, 15) is 4.79 Å². The van der Waals surface area contributed by atoms with Crippen LogP contribution in [0.2, 0.25) is 0 Å². The molecule has 0 saturated heterocycles. The highest BCUT2D eigenvalue weighted by molar-refractivity contribution is 6.19. The van der Waals surface area contributed by atoms with Crippen LogP contribution in [-0.4, -0.2) is 22.7 Å². The maximum absolute atomic E-state index is 11.9. The van der Waals surface area contributed by atoms with Crippen molar-refractivity contribution < 1.29 is 4.79 Å². The molecule has 0 spiro atoms. The van der Waals surface area contributed by atoms with E-state index in [-0.39, 0.29) is 12.5 Å². The van der Waals surface area contributed by atoms with Gasteiger partial charge in [-0.15, -0.1) is 0 Å². The number of aryl methyl sites for hydroxylation is 1. The van der Waals surface area contributed by atoms with Crippen molar-refractivity contribution in [3.63, 3.8) is 0 Å². The molecule has 2 heterocycles. The maximum Gasteiger partial charge on any atom is 0.246 e. The zero-order valence-corrected chi connectivity index (χ0v) is 12.4. The largest absolute Gasteiger partial charge is 0.349 e. The highest BCUT2D eigenvalue weighted by atomic mass is 16.1. The van der Waals surface area contributed by atoms with E-state index in [0.717, 1.165) is 41.2 Å². The number of hydrogen-bond donors (Lipinski definition) is 1. The predicted molar refractivity (Wildman–Crippen MR) is 85.0 cm³/mol. The Morgan fingerprint density at radius 3 is 2.76 bits per heavy atom. The number of aromatic nitrogens is 1. The van der Waals surface area contributed by atoms with Gasteiger partial charge in [0.05, 0.1) is 11.4 Å². The first-order valence-corrected chi connectivity index (χ1v) is 7.30. The lowest BCUT2D eigenvalue weighted by molar-refractivity contribution is -0.114. The second-order valence-electron chi connectivity index (χ2n) is 5.28. The number of nitrogens with zero attached hydrogens (tertiary/aromatic N) is 2. The number of carbonyl (C=O) groups excluding carboxylic acids is 1. The van der Waals surface area contributed by atoms with Crippen LogP contribution in [0.15, 0.2) is 41.5 Å². The SMILES string of the molecule is CCCn1cc2c(c1C)C(c1ccccc1)=NCC(=O)N2. The van der Waals surface area contributed by atoms with E-state index in [1.165, 1.54) is 0 Å². The van der Waals surface area contributed by atoms with E-state index in [2.05, 4.69) is 28.7 Å². The van der Waals surface area contributed by atoms with Gasteiger partial charge in [-0.1, -0.05) is 37.3 Å². The Hall–Kier alpha value is -2.36. The summed E-state index contributed by atoms with van der Waals surface area (Å²) in [7, 11) is 0. The van der Waals surface area contributed by atoms with Crippen LogP contribution >= 0.6 is 0 Å². The lowest BCUT2D eigenvalue weighted by Gasteiger charge is -2.08. The van der Waals surface area contributed by atoms with Crippen molar-refractivity contribution in [2.75, 3.05) is 11.9 Å². The number of rotatable bonds is 3. The Bertz CT molecular complexity index is 698. The van der Waals surface area contributed by atoms with Gasteiger partial charge in [-0.05, 0) is 13.3 Å². The van der Waals surface area contributed by atoms with Crippen LogP contribution < -0.4 is 5.32 Å². The molecule has 1 N–H and O–H groups in total. The summed E-state index contributed by atoms with van der Waals surface area (Å²) in [4.78, 5) is 16.4. The highest BCUT2D eigenvalue weighted by Crippen LogP contribution is 2.28. The van der Waals surface area contributed by atoms with Gasteiger partial charge in [0.1, 0.15) is 6.54 Å². The number of hydrogen-bond acceptors (Lipinski definition) is 2. The lowest BCUT2D eigenvalue weighted by atomic mass is 10.0. The summed E-state index contributed by atoms with van der Waals surface area (Å²) in [6, 6.07) is 10.1. The summed E-state index contributed by atoms with van der Waals surface area (Å²) < 4.78 is 2.19. The first-order chi connectivity index (χ1) is 10.2. The highest BCUT2D eigenvalue weighted by Gasteiger charge is 2.22. The van der Waals surface area contributed by atoms with Gasteiger partial charge in [0.15, 0.2) is 0 Å². The van der Waals surface area contributed by atoms with Crippen molar-refractivity contribution in [3.05, 3.63) is 53.3 Å². The molecule has 0 fully saturated rings. The summed E-state index contributed by atoms with van der Waals surface area (Å²) in [6.45, 7) is 5.35. The average Bonchev–Trinajstić information content (AvgIpc) is 2.69. The fraction of sp³-hybridized carbons (Fsp3) is 0.294. The van der Waals surface area contributed by atoms with Crippen LogP contribution in [-0.2, 0) is 11.3 Å². The topological polar surface area (TPSA) is 46.4 Å². The molecule has 21 heavy (non-hydrogen) atoms. The molecule has 1 aromatic carbocycles. The van der Waals surface area contributed by atoms with E-state index < -0.39 is 0 Å². The molecule has 2 aromatic rings. The van der Waals surface area contributed by atoms with Gasteiger partial charge in [0, 0.05) is 29.6 Å². The third kappa shape index (κ3) is 2.49. The van der Waals surface area contributed by atoms with Gasteiger partial charge in [-0.25, -0.2) is 0 Å². The van der Waals surface area contributed by atoms with Gasteiger partial charge in [0.25, 0.3) is 0 Å². The van der Waals surface area contributed by atoms with Crippen molar-refractivity contribution in [2.24, 2.45) is 4.99 Å². The fourth-order valence-electron chi connectivity index (χ4n) is 2.77. The number of aliphatic imine (C=N–C) groups is 1. The standard InChI is InChI=1S/C17H19N3O/c1-3-9-20-11-14-16(12(20)2)17(18-10-15(21)19-14)13-7-5-4-6-8-13/h4-8,11H,3,9-10H2,1-2H3,(H,19,21).